The third-order valence-corrected chi connectivity index (χ3v) is 3.64. The maximum absolute atomic E-state index is 4.65. The average Bonchev–Trinajstić information content (AvgIpc) is 2.65. The summed E-state index contributed by atoms with van der Waals surface area (Å²) >= 11 is 0. The molecule has 2 aromatic rings. The number of hydrogen-bond acceptors (Lipinski definition) is 1. The fraction of sp³-hybridized carbons (Fsp3) is 0.353. The van der Waals surface area contributed by atoms with Crippen LogP contribution in [0.1, 0.15) is 35.0 Å². The van der Waals surface area contributed by atoms with E-state index in [1.807, 2.05) is 6.21 Å². The second kappa shape index (κ2) is 5.43. The van der Waals surface area contributed by atoms with E-state index in [4.69, 9.17) is 0 Å². The number of aliphatic imine (C=N–C) groups is 1. The topological polar surface area (TPSA) is 17.3 Å². The van der Waals surface area contributed by atoms with Gasteiger partial charge in [0.2, 0.25) is 0 Å². The maximum Gasteiger partial charge on any atom is 0.0661 e. The molecule has 1 aromatic heterocycles. The molecule has 0 spiro atoms. The van der Waals surface area contributed by atoms with Crippen LogP contribution in [0.5, 0.6) is 0 Å². The van der Waals surface area contributed by atoms with Crippen molar-refractivity contribution in [2.75, 3.05) is 0 Å². The highest BCUT2D eigenvalue weighted by Gasteiger charge is 2.05. The van der Waals surface area contributed by atoms with Crippen LogP contribution in [0.3, 0.4) is 0 Å². The van der Waals surface area contributed by atoms with Crippen LogP contribution in [-0.2, 0) is 6.54 Å². The number of benzene rings is 1. The first-order valence-electron chi connectivity index (χ1n) is 6.81. The Kier molecular flexibility index (Phi) is 3.89. The normalized spacial score (nSPS) is 11.4. The number of nitrogens with zero attached hydrogens (tertiary/aromatic N) is 2. The lowest BCUT2D eigenvalue weighted by atomic mass is 10.1. The number of aryl methyl sites for hydroxylation is 3. The molecule has 1 aromatic carbocycles. The number of hydrogen-bond donors (Lipinski definition) is 0. The van der Waals surface area contributed by atoms with Gasteiger partial charge in [-0.15, -0.1) is 0 Å². The van der Waals surface area contributed by atoms with Gasteiger partial charge >= 0.3 is 0 Å². The lowest BCUT2D eigenvalue weighted by Gasteiger charge is -2.04. The lowest BCUT2D eigenvalue weighted by molar-refractivity contribution is 0.718. The van der Waals surface area contributed by atoms with Crippen molar-refractivity contribution >= 4 is 11.9 Å². The van der Waals surface area contributed by atoms with Crippen LogP contribution < -0.4 is 0 Å². The molecule has 0 N–H and O–H groups in total. The Morgan fingerprint density at radius 1 is 1.11 bits per heavy atom. The van der Waals surface area contributed by atoms with Gasteiger partial charge < -0.3 is 4.57 Å². The van der Waals surface area contributed by atoms with Crippen molar-refractivity contribution in [1.29, 1.82) is 0 Å². The van der Waals surface area contributed by atoms with Gasteiger partial charge in [0.1, 0.15) is 0 Å². The molecule has 0 aliphatic rings. The van der Waals surface area contributed by atoms with E-state index in [9.17, 15) is 0 Å². The summed E-state index contributed by atoms with van der Waals surface area (Å²) in [5, 5.41) is 0. The first-order chi connectivity index (χ1) is 9.02. The fourth-order valence-electron chi connectivity index (χ4n) is 2.44. The molecule has 0 aliphatic heterocycles. The highest BCUT2D eigenvalue weighted by Crippen LogP contribution is 2.20. The van der Waals surface area contributed by atoms with Gasteiger partial charge in [0, 0.05) is 29.7 Å². The molecular weight excluding hydrogens is 232 g/mol. The Balaban J connectivity index is 2.35. The third kappa shape index (κ3) is 2.78. The summed E-state index contributed by atoms with van der Waals surface area (Å²) in [6.45, 7) is 11.7. The SMILES string of the molecule is CCn1c(C)cc(C=Nc2cc(C)ccc2C)c1C. The molecule has 2 heteroatoms. The predicted octanol–water partition coefficient (Wildman–Crippen LogP) is 4.49. The smallest absolute Gasteiger partial charge is 0.0661 e. The van der Waals surface area contributed by atoms with Crippen molar-refractivity contribution in [3.05, 3.63) is 52.3 Å². The highest BCUT2D eigenvalue weighted by atomic mass is 15.0. The zero-order valence-electron chi connectivity index (χ0n) is 12.5. The summed E-state index contributed by atoms with van der Waals surface area (Å²) in [6.07, 6.45) is 1.98. The van der Waals surface area contributed by atoms with Crippen LogP contribution in [0.15, 0.2) is 29.3 Å². The highest BCUT2D eigenvalue weighted by molar-refractivity contribution is 5.84. The van der Waals surface area contributed by atoms with Crippen LogP contribution in [-0.4, -0.2) is 10.8 Å². The van der Waals surface area contributed by atoms with E-state index >= 15 is 0 Å². The van der Waals surface area contributed by atoms with Gasteiger partial charge in [0.25, 0.3) is 0 Å². The molecule has 2 rings (SSSR count). The Hall–Kier alpha value is -1.83. The van der Waals surface area contributed by atoms with Crippen LogP contribution in [0.4, 0.5) is 5.69 Å². The van der Waals surface area contributed by atoms with Gasteiger partial charge in [-0.2, -0.15) is 0 Å². The van der Waals surface area contributed by atoms with Gasteiger partial charge in [0.05, 0.1) is 5.69 Å². The number of rotatable bonds is 3. The quantitative estimate of drug-likeness (QED) is 0.718. The molecule has 2 nitrogen and oxygen atoms in total. The molecule has 19 heavy (non-hydrogen) atoms. The summed E-state index contributed by atoms with van der Waals surface area (Å²) < 4.78 is 2.31. The van der Waals surface area contributed by atoms with Crippen molar-refractivity contribution in [2.24, 2.45) is 4.99 Å². The summed E-state index contributed by atoms with van der Waals surface area (Å²) in [5.41, 5.74) is 7.31. The minimum Gasteiger partial charge on any atom is -0.349 e. The Morgan fingerprint density at radius 3 is 2.47 bits per heavy atom. The molecule has 0 bridgehead atoms. The van der Waals surface area contributed by atoms with Crippen LogP contribution in [0, 0.1) is 27.7 Å². The van der Waals surface area contributed by atoms with Crippen molar-refractivity contribution in [1.82, 2.24) is 4.57 Å². The minimum absolute atomic E-state index is 1.01. The monoisotopic (exact) mass is 254 g/mol. The molecule has 0 amide bonds. The van der Waals surface area contributed by atoms with Crippen LogP contribution >= 0.6 is 0 Å². The second-order valence-corrected chi connectivity index (χ2v) is 5.12. The van der Waals surface area contributed by atoms with Crippen molar-refractivity contribution in [2.45, 2.75) is 41.2 Å². The van der Waals surface area contributed by atoms with Crippen LogP contribution in [0.25, 0.3) is 0 Å². The summed E-state index contributed by atoms with van der Waals surface area (Å²) in [6, 6.07) is 8.58. The first kappa shape index (κ1) is 13.6. The molecular formula is C17H22N2. The van der Waals surface area contributed by atoms with Crippen LogP contribution in [0.2, 0.25) is 0 Å². The fourth-order valence-corrected chi connectivity index (χ4v) is 2.44. The first-order valence-corrected chi connectivity index (χ1v) is 6.81. The predicted molar refractivity (Wildman–Crippen MR) is 82.8 cm³/mol. The summed E-state index contributed by atoms with van der Waals surface area (Å²) in [4.78, 5) is 4.65. The van der Waals surface area contributed by atoms with Gasteiger partial charge in [0.15, 0.2) is 0 Å². The summed E-state index contributed by atoms with van der Waals surface area (Å²) in [7, 11) is 0. The Bertz CT molecular complexity index is 618. The maximum atomic E-state index is 4.65. The van der Waals surface area contributed by atoms with Crippen molar-refractivity contribution in [3.63, 3.8) is 0 Å². The average molecular weight is 254 g/mol. The van der Waals surface area contributed by atoms with E-state index < -0.39 is 0 Å². The third-order valence-electron chi connectivity index (χ3n) is 3.64. The minimum atomic E-state index is 1.01. The van der Waals surface area contributed by atoms with Gasteiger partial charge in [-0.3, -0.25) is 4.99 Å². The molecule has 0 unspecified atom stereocenters. The van der Waals surface area contributed by atoms with E-state index in [2.05, 4.69) is 68.4 Å². The van der Waals surface area contributed by atoms with E-state index in [-0.39, 0.29) is 0 Å². The van der Waals surface area contributed by atoms with E-state index in [1.165, 1.54) is 28.1 Å². The Labute approximate surface area is 115 Å². The molecule has 0 fully saturated rings. The van der Waals surface area contributed by atoms with E-state index in [0.717, 1.165) is 12.2 Å². The Morgan fingerprint density at radius 2 is 1.84 bits per heavy atom. The van der Waals surface area contributed by atoms with E-state index in [1.54, 1.807) is 0 Å². The zero-order valence-corrected chi connectivity index (χ0v) is 12.5. The lowest BCUT2D eigenvalue weighted by Crippen LogP contribution is -1.99. The molecule has 0 aliphatic carbocycles. The molecule has 0 saturated heterocycles. The molecule has 100 valence electrons. The zero-order chi connectivity index (χ0) is 14.0. The molecule has 0 radical (unpaired) electrons. The van der Waals surface area contributed by atoms with Gasteiger partial charge in [-0.1, -0.05) is 12.1 Å². The van der Waals surface area contributed by atoms with Crippen molar-refractivity contribution < 1.29 is 0 Å². The van der Waals surface area contributed by atoms with Crippen molar-refractivity contribution in [3.8, 4) is 0 Å². The van der Waals surface area contributed by atoms with Gasteiger partial charge in [-0.25, -0.2) is 0 Å². The van der Waals surface area contributed by atoms with E-state index in [0.29, 0.717) is 0 Å². The molecule has 0 saturated carbocycles. The van der Waals surface area contributed by atoms with Gasteiger partial charge in [-0.05, 0) is 57.9 Å². The standard InChI is InChI=1S/C17H22N2/c1-6-19-14(4)10-16(15(19)5)11-18-17-9-12(2)7-8-13(17)3/h7-11H,6H2,1-5H3. The second-order valence-electron chi connectivity index (χ2n) is 5.12. The molecule has 1 heterocycles. The number of aromatic nitrogens is 1. The largest absolute Gasteiger partial charge is 0.349 e. The summed E-state index contributed by atoms with van der Waals surface area (Å²) in [5.74, 6) is 0. The molecule has 0 atom stereocenters.